The number of hydrogen-bond acceptors (Lipinski definition) is 1. The minimum Gasteiger partial charge on any atom is -0.495 e. The Morgan fingerprint density at radius 1 is 0.600 bits per heavy atom. The Labute approximate surface area is 209 Å². The predicted molar refractivity (Wildman–Crippen MR) is 152 cm³/mol. The lowest BCUT2D eigenvalue weighted by Gasteiger charge is -2.27. The van der Waals surface area contributed by atoms with Gasteiger partial charge in [0.05, 0.1) is 18.8 Å². The molecule has 0 fully saturated rings. The second kappa shape index (κ2) is 10.9. The molecule has 176 valence electrons. The minimum atomic E-state index is -1.73. The van der Waals surface area contributed by atoms with E-state index in [1.165, 1.54) is 45.8 Å². The number of aromatic nitrogens is 1. The molecule has 0 unspecified atom stereocenters. The minimum absolute atomic E-state index is 0.953. The van der Waals surface area contributed by atoms with Gasteiger partial charge in [0.1, 0.15) is 28.9 Å². The first kappa shape index (κ1) is 23.4. The fourth-order valence-corrected chi connectivity index (χ4v) is 9.68. The molecule has 0 N–H and O–H groups in total. The summed E-state index contributed by atoms with van der Waals surface area (Å²) in [5.74, 6) is 0.953. The molecule has 0 aliphatic rings. The lowest BCUT2D eigenvalue weighted by atomic mass is 10.2. The van der Waals surface area contributed by atoms with Crippen molar-refractivity contribution in [2.75, 3.05) is 13.3 Å². The fraction of sp³-hybridized carbons (Fsp3) is 0.188. The monoisotopic (exact) mass is 478 g/mol. The first-order valence-corrected chi connectivity index (χ1v) is 14.5. The van der Waals surface area contributed by atoms with Crippen LogP contribution in [0.25, 0.3) is 10.9 Å². The Bertz CT molecular complexity index is 1250. The van der Waals surface area contributed by atoms with Crippen LogP contribution in [0.1, 0.15) is 19.3 Å². The summed E-state index contributed by atoms with van der Waals surface area (Å²) in [5, 5.41) is 5.65. The number of nitrogens with zero attached hydrogens (tertiary/aromatic N) is 1. The third-order valence-electron chi connectivity index (χ3n) is 6.95. The topological polar surface area (TPSA) is 14.2 Å². The van der Waals surface area contributed by atoms with Crippen molar-refractivity contribution in [1.29, 1.82) is 0 Å². The number of benzene rings is 4. The van der Waals surface area contributed by atoms with Crippen molar-refractivity contribution >= 4 is 34.1 Å². The van der Waals surface area contributed by atoms with Crippen LogP contribution in [0, 0.1) is 0 Å². The van der Waals surface area contributed by atoms with Crippen molar-refractivity contribution in [3.05, 3.63) is 121 Å². The standard InChI is InChI=1S/C32H33NOP/c1-34-31-22-14-15-27-23-25-33(32(27)31)24-12-5-13-26-35(28-16-6-2-7-17-28,29-18-8-3-9-19-29)30-20-10-4-11-21-30/h2-4,6-11,14-23,25H,5,12-13,24,26H2,1H3/q+1. The van der Waals surface area contributed by atoms with Gasteiger partial charge in [-0.1, -0.05) is 66.7 Å². The van der Waals surface area contributed by atoms with Gasteiger partial charge in [0.25, 0.3) is 0 Å². The maximum absolute atomic E-state index is 5.63. The third-order valence-corrected chi connectivity index (χ3v) is 11.5. The number of aryl methyl sites for hydroxylation is 1. The summed E-state index contributed by atoms with van der Waals surface area (Å²) in [6.45, 7) is 1.01. The van der Waals surface area contributed by atoms with Crippen LogP contribution in [0.4, 0.5) is 0 Å². The molecule has 5 rings (SSSR count). The summed E-state index contributed by atoms with van der Waals surface area (Å²) in [6.07, 6.45) is 6.93. The Kier molecular flexibility index (Phi) is 7.31. The molecule has 0 saturated carbocycles. The molecule has 1 aromatic heterocycles. The van der Waals surface area contributed by atoms with E-state index in [-0.39, 0.29) is 0 Å². The molecule has 35 heavy (non-hydrogen) atoms. The molecule has 3 heteroatoms. The van der Waals surface area contributed by atoms with Gasteiger partial charge in [-0.25, -0.2) is 0 Å². The highest BCUT2D eigenvalue weighted by atomic mass is 31.2. The van der Waals surface area contributed by atoms with Crippen LogP contribution in [0.5, 0.6) is 5.75 Å². The number of methoxy groups -OCH3 is 1. The molecule has 0 aliphatic carbocycles. The zero-order chi connectivity index (χ0) is 23.9. The third kappa shape index (κ3) is 4.77. The molecule has 0 bridgehead atoms. The Hall–Kier alpha value is -3.35. The van der Waals surface area contributed by atoms with Crippen LogP contribution in [-0.4, -0.2) is 17.8 Å². The van der Waals surface area contributed by atoms with Crippen LogP contribution in [0.15, 0.2) is 121 Å². The molecule has 0 amide bonds. The molecular formula is C32H33NOP+. The normalized spacial score (nSPS) is 11.6. The van der Waals surface area contributed by atoms with E-state index in [1.54, 1.807) is 7.11 Å². The van der Waals surface area contributed by atoms with Gasteiger partial charge in [-0.05, 0) is 67.8 Å². The van der Waals surface area contributed by atoms with Gasteiger partial charge in [0, 0.05) is 18.1 Å². The predicted octanol–water partition coefficient (Wildman–Crippen LogP) is 6.81. The van der Waals surface area contributed by atoms with E-state index in [2.05, 4.69) is 126 Å². The first-order valence-electron chi connectivity index (χ1n) is 12.5. The van der Waals surface area contributed by atoms with Crippen molar-refractivity contribution in [2.45, 2.75) is 25.8 Å². The smallest absolute Gasteiger partial charge is 0.143 e. The van der Waals surface area contributed by atoms with Gasteiger partial charge < -0.3 is 9.30 Å². The second-order valence-corrected chi connectivity index (χ2v) is 12.6. The lowest BCUT2D eigenvalue weighted by molar-refractivity contribution is 0.417. The molecular weight excluding hydrogens is 445 g/mol. The molecule has 0 aliphatic heterocycles. The summed E-state index contributed by atoms with van der Waals surface area (Å²) in [7, 11) is 0.0240. The van der Waals surface area contributed by atoms with E-state index < -0.39 is 7.26 Å². The van der Waals surface area contributed by atoms with E-state index in [4.69, 9.17) is 4.74 Å². The van der Waals surface area contributed by atoms with Crippen LogP contribution in [0.3, 0.4) is 0 Å². The average Bonchev–Trinajstić information content (AvgIpc) is 3.35. The molecule has 0 atom stereocenters. The number of hydrogen-bond donors (Lipinski definition) is 0. The van der Waals surface area contributed by atoms with Gasteiger partial charge in [-0.15, -0.1) is 0 Å². The summed E-state index contributed by atoms with van der Waals surface area (Å²) >= 11 is 0. The van der Waals surface area contributed by atoms with Gasteiger partial charge in [-0.3, -0.25) is 0 Å². The van der Waals surface area contributed by atoms with Crippen LogP contribution in [-0.2, 0) is 6.54 Å². The highest BCUT2D eigenvalue weighted by Gasteiger charge is 2.44. The van der Waals surface area contributed by atoms with E-state index in [9.17, 15) is 0 Å². The Morgan fingerprint density at radius 3 is 1.71 bits per heavy atom. The zero-order valence-corrected chi connectivity index (χ0v) is 21.3. The SMILES string of the molecule is COc1cccc2ccn(CCCCC[P+](c3ccccc3)(c3ccccc3)c3ccccc3)c12. The lowest BCUT2D eigenvalue weighted by Crippen LogP contribution is -2.33. The van der Waals surface area contributed by atoms with E-state index in [0.717, 1.165) is 18.7 Å². The van der Waals surface area contributed by atoms with Gasteiger partial charge in [0.15, 0.2) is 0 Å². The molecule has 0 radical (unpaired) electrons. The largest absolute Gasteiger partial charge is 0.495 e. The summed E-state index contributed by atoms with van der Waals surface area (Å²) in [6, 6.07) is 42.1. The van der Waals surface area contributed by atoms with Crippen LogP contribution in [0.2, 0.25) is 0 Å². The van der Waals surface area contributed by atoms with E-state index >= 15 is 0 Å². The van der Waals surface area contributed by atoms with Crippen molar-refractivity contribution in [1.82, 2.24) is 4.57 Å². The molecule has 2 nitrogen and oxygen atoms in total. The number of para-hydroxylation sites is 1. The molecule has 0 spiro atoms. The quantitative estimate of drug-likeness (QED) is 0.159. The summed E-state index contributed by atoms with van der Waals surface area (Å²) in [4.78, 5) is 0. The second-order valence-electron chi connectivity index (χ2n) is 9.01. The maximum Gasteiger partial charge on any atom is 0.143 e. The molecule has 0 saturated heterocycles. The van der Waals surface area contributed by atoms with E-state index in [1.807, 2.05) is 0 Å². The van der Waals surface area contributed by atoms with Crippen molar-refractivity contribution in [3.8, 4) is 5.75 Å². The first-order chi connectivity index (χ1) is 17.3. The molecule has 5 aromatic rings. The molecule has 1 heterocycles. The van der Waals surface area contributed by atoms with Crippen molar-refractivity contribution in [2.24, 2.45) is 0 Å². The van der Waals surface area contributed by atoms with Gasteiger partial charge in [-0.2, -0.15) is 0 Å². The summed E-state index contributed by atoms with van der Waals surface area (Å²) in [5.41, 5.74) is 1.20. The van der Waals surface area contributed by atoms with E-state index in [0.29, 0.717) is 0 Å². The number of fused-ring (bicyclic) bond motifs is 1. The van der Waals surface area contributed by atoms with Gasteiger partial charge >= 0.3 is 0 Å². The number of ether oxygens (including phenoxy) is 1. The van der Waals surface area contributed by atoms with Crippen molar-refractivity contribution < 1.29 is 4.74 Å². The van der Waals surface area contributed by atoms with Crippen LogP contribution >= 0.6 is 7.26 Å². The Morgan fingerprint density at radius 2 is 1.17 bits per heavy atom. The summed E-state index contributed by atoms with van der Waals surface area (Å²) < 4.78 is 7.98. The fourth-order valence-electron chi connectivity index (χ4n) is 5.27. The van der Waals surface area contributed by atoms with Crippen LogP contribution < -0.4 is 20.7 Å². The highest BCUT2D eigenvalue weighted by Crippen LogP contribution is 2.56. The van der Waals surface area contributed by atoms with Gasteiger partial charge in [0.2, 0.25) is 0 Å². The maximum atomic E-state index is 5.63. The highest BCUT2D eigenvalue weighted by molar-refractivity contribution is 7.95. The zero-order valence-electron chi connectivity index (χ0n) is 20.4. The number of rotatable bonds is 10. The Balaban J connectivity index is 1.38. The average molecular weight is 479 g/mol. The molecule has 4 aromatic carbocycles. The van der Waals surface area contributed by atoms with Crippen molar-refractivity contribution in [3.63, 3.8) is 0 Å². The number of unbranched alkanes of at least 4 members (excludes halogenated alkanes) is 2.